The summed E-state index contributed by atoms with van der Waals surface area (Å²) in [7, 11) is 3.98. The molecule has 0 fully saturated rings. The average molecular weight is 337 g/mol. The molecule has 0 saturated heterocycles. The van der Waals surface area contributed by atoms with Gasteiger partial charge in [-0.15, -0.1) is 0 Å². The molecule has 20 heavy (non-hydrogen) atoms. The first-order valence-corrected chi connectivity index (χ1v) is 7.10. The highest BCUT2D eigenvalue weighted by atomic mass is 79.9. The minimum Gasteiger partial charge on any atom is -0.308 e. The summed E-state index contributed by atoms with van der Waals surface area (Å²) in [5.41, 5.74) is 2.11. The van der Waals surface area contributed by atoms with Crippen LogP contribution in [0.4, 0.5) is 0 Å². The average Bonchev–Trinajstić information content (AvgIpc) is 2.76. The first kappa shape index (κ1) is 14.9. The van der Waals surface area contributed by atoms with E-state index >= 15 is 0 Å². The van der Waals surface area contributed by atoms with Crippen LogP contribution in [0.5, 0.6) is 0 Å². The fraction of sp³-hybridized carbons (Fsp3) is 0.357. The van der Waals surface area contributed by atoms with E-state index in [-0.39, 0.29) is 5.78 Å². The molecule has 0 radical (unpaired) electrons. The van der Waals surface area contributed by atoms with E-state index in [2.05, 4.69) is 30.9 Å². The number of pyridine rings is 1. The van der Waals surface area contributed by atoms with Gasteiger partial charge in [-0.2, -0.15) is 5.10 Å². The zero-order valence-electron chi connectivity index (χ0n) is 11.8. The van der Waals surface area contributed by atoms with Crippen molar-refractivity contribution < 1.29 is 4.79 Å². The van der Waals surface area contributed by atoms with Gasteiger partial charge in [-0.05, 0) is 48.6 Å². The molecule has 0 atom stereocenters. The van der Waals surface area contributed by atoms with Crippen molar-refractivity contribution in [2.75, 3.05) is 20.6 Å². The Kier molecular flexibility index (Phi) is 4.67. The summed E-state index contributed by atoms with van der Waals surface area (Å²) in [6.45, 7) is 3.40. The predicted molar refractivity (Wildman–Crippen MR) is 80.9 cm³/mol. The lowest BCUT2D eigenvalue weighted by Crippen LogP contribution is -2.21. The molecule has 2 aromatic heterocycles. The standard InChI is InChI=1S/C14H17BrN4O/c1-10-6-11(8-16-7-10)14(20)13-12(15)9-17-19(13)5-4-18(2)3/h6-9H,4-5H2,1-3H3. The van der Waals surface area contributed by atoms with Gasteiger partial charge < -0.3 is 4.90 Å². The minimum absolute atomic E-state index is 0.0654. The first-order chi connectivity index (χ1) is 9.49. The van der Waals surface area contributed by atoms with Crippen LogP contribution < -0.4 is 0 Å². The topological polar surface area (TPSA) is 51.0 Å². The van der Waals surface area contributed by atoms with Gasteiger partial charge in [0.1, 0.15) is 5.69 Å². The van der Waals surface area contributed by atoms with Crippen LogP contribution in [0.2, 0.25) is 0 Å². The fourth-order valence-corrected chi connectivity index (χ4v) is 2.34. The van der Waals surface area contributed by atoms with Gasteiger partial charge in [0.15, 0.2) is 0 Å². The van der Waals surface area contributed by atoms with Crippen molar-refractivity contribution in [2.24, 2.45) is 0 Å². The second-order valence-electron chi connectivity index (χ2n) is 4.95. The van der Waals surface area contributed by atoms with Crippen molar-refractivity contribution in [1.82, 2.24) is 19.7 Å². The maximum Gasteiger partial charge on any atom is 0.213 e. The smallest absolute Gasteiger partial charge is 0.213 e. The maximum absolute atomic E-state index is 12.6. The molecular weight excluding hydrogens is 320 g/mol. The fourth-order valence-electron chi connectivity index (χ4n) is 1.87. The molecule has 2 heterocycles. The quantitative estimate of drug-likeness (QED) is 0.785. The summed E-state index contributed by atoms with van der Waals surface area (Å²) in [6, 6.07) is 1.84. The number of ketones is 1. The summed E-state index contributed by atoms with van der Waals surface area (Å²) < 4.78 is 2.44. The third kappa shape index (κ3) is 3.32. The summed E-state index contributed by atoms with van der Waals surface area (Å²) in [4.78, 5) is 18.7. The summed E-state index contributed by atoms with van der Waals surface area (Å²) >= 11 is 3.40. The number of hydrogen-bond donors (Lipinski definition) is 0. The number of nitrogens with zero attached hydrogens (tertiary/aromatic N) is 4. The number of aromatic nitrogens is 3. The highest BCUT2D eigenvalue weighted by Gasteiger charge is 2.19. The van der Waals surface area contributed by atoms with E-state index in [0.29, 0.717) is 22.3 Å². The van der Waals surface area contributed by atoms with Gasteiger partial charge in [0.25, 0.3) is 0 Å². The molecule has 0 bridgehead atoms. The summed E-state index contributed by atoms with van der Waals surface area (Å²) in [5, 5.41) is 4.26. The number of carbonyl (C=O) groups excluding carboxylic acids is 1. The Hall–Kier alpha value is -1.53. The van der Waals surface area contributed by atoms with E-state index in [9.17, 15) is 4.79 Å². The lowest BCUT2D eigenvalue weighted by atomic mass is 10.1. The molecule has 2 rings (SSSR count). The van der Waals surface area contributed by atoms with Crippen LogP contribution in [-0.2, 0) is 6.54 Å². The number of halogens is 1. The number of rotatable bonds is 5. The second-order valence-corrected chi connectivity index (χ2v) is 5.80. The number of likely N-dealkylation sites (N-methyl/N-ethyl adjacent to an activating group) is 1. The largest absolute Gasteiger partial charge is 0.308 e. The van der Waals surface area contributed by atoms with Crippen molar-refractivity contribution >= 4 is 21.7 Å². The summed E-state index contributed by atoms with van der Waals surface area (Å²) in [6.07, 6.45) is 4.98. The zero-order valence-corrected chi connectivity index (χ0v) is 13.4. The Bertz CT molecular complexity index is 621. The molecule has 0 unspecified atom stereocenters. The van der Waals surface area contributed by atoms with E-state index in [1.807, 2.05) is 27.1 Å². The Morgan fingerprint density at radius 1 is 1.35 bits per heavy atom. The molecule has 0 aliphatic heterocycles. The molecule has 2 aromatic rings. The molecule has 0 saturated carbocycles. The van der Waals surface area contributed by atoms with Gasteiger partial charge >= 0.3 is 0 Å². The second kappa shape index (κ2) is 6.28. The van der Waals surface area contributed by atoms with Crippen molar-refractivity contribution in [3.8, 4) is 0 Å². The predicted octanol–water partition coefficient (Wildman–Crippen LogP) is 2.14. The van der Waals surface area contributed by atoms with Crippen LogP contribution >= 0.6 is 15.9 Å². The Labute approximate surface area is 126 Å². The molecule has 0 spiro atoms. The Morgan fingerprint density at radius 2 is 2.10 bits per heavy atom. The third-order valence-electron chi connectivity index (χ3n) is 2.91. The van der Waals surface area contributed by atoms with Crippen LogP contribution in [0, 0.1) is 6.92 Å². The third-order valence-corrected chi connectivity index (χ3v) is 3.49. The van der Waals surface area contributed by atoms with E-state index in [4.69, 9.17) is 0 Å². The van der Waals surface area contributed by atoms with E-state index in [1.165, 1.54) is 0 Å². The van der Waals surface area contributed by atoms with Crippen LogP contribution in [0.25, 0.3) is 0 Å². The van der Waals surface area contributed by atoms with E-state index < -0.39 is 0 Å². The molecule has 0 aliphatic rings. The SMILES string of the molecule is Cc1cncc(C(=O)c2c(Br)cnn2CCN(C)C)c1. The monoisotopic (exact) mass is 336 g/mol. The molecule has 106 valence electrons. The molecule has 0 aliphatic carbocycles. The van der Waals surface area contributed by atoms with Gasteiger partial charge in [-0.1, -0.05) is 0 Å². The molecular formula is C14H17BrN4O. The molecule has 0 amide bonds. The summed E-state index contributed by atoms with van der Waals surface area (Å²) in [5.74, 6) is -0.0654. The highest BCUT2D eigenvalue weighted by Crippen LogP contribution is 2.20. The number of hydrogen-bond acceptors (Lipinski definition) is 4. The normalized spacial score (nSPS) is 11.1. The molecule has 5 nitrogen and oxygen atoms in total. The zero-order chi connectivity index (χ0) is 14.7. The van der Waals surface area contributed by atoms with Gasteiger partial charge in [0.2, 0.25) is 5.78 Å². The van der Waals surface area contributed by atoms with Crippen molar-refractivity contribution in [3.05, 3.63) is 46.0 Å². The van der Waals surface area contributed by atoms with Crippen LogP contribution in [-0.4, -0.2) is 46.1 Å². The van der Waals surface area contributed by atoms with Crippen molar-refractivity contribution in [1.29, 1.82) is 0 Å². The molecule has 6 heteroatoms. The van der Waals surface area contributed by atoms with Gasteiger partial charge in [0.05, 0.1) is 17.2 Å². The van der Waals surface area contributed by atoms with E-state index in [1.54, 1.807) is 23.3 Å². The molecule has 0 N–H and O–H groups in total. The van der Waals surface area contributed by atoms with Crippen LogP contribution in [0.1, 0.15) is 21.6 Å². The lowest BCUT2D eigenvalue weighted by molar-refractivity contribution is 0.102. The highest BCUT2D eigenvalue weighted by molar-refractivity contribution is 9.10. The van der Waals surface area contributed by atoms with Gasteiger partial charge in [0, 0.05) is 24.5 Å². The Balaban J connectivity index is 2.32. The van der Waals surface area contributed by atoms with Gasteiger partial charge in [-0.25, -0.2) is 0 Å². The van der Waals surface area contributed by atoms with Crippen molar-refractivity contribution in [2.45, 2.75) is 13.5 Å². The number of carbonyl (C=O) groups is 1. The minimum atomic E-state index is -0.0654. The lowest BCUT2D eigenvalue weighted by Gasteiger charge is -2.11. The van der Waals surface area contributed by atoms with Crippen LogP contribution in [0.15, 0.2) is 29.1 Å². The molecule has 0 aromatic carbocycles. The van der Waals surface area contributed by atoms with Crippen LogP contribution in [0.3, 0.4) is 0 Å². The van der Waals surface area contributed by atoms with Gasteiger partial charge in [-0.3, -0.25) is 14.5 Å². The maximum atomic E-state index is 12.6. The Morgan fingerprint density at radius 3 is 2.75 bits per heavy atom. The first-order valence-electron chi connectivity index (χ1n) is 6.31. The van der Waals surface area contributed by atoms with E-state index in [0.717, 1.165) is 12.1 Å². The van der Waals surface area contributed by atoms with Crippen molar-refractivity contribution in [3.63, 3.8) is 0 Å². The number of aryl methyl sites for hydroxylation is 1.